The molecule has 1 aromatic heterocycles. The zero-order chi connectivity index (χ0) is 11.0. The second kappa shape index (κ2) is 3.16. The Morgan fingerprint density at radius 2 is 2.20 bits per heavy atom. The van der Waals surface area contributed by atoms with E-state index in [0.717, 1.165) is 6.07 Å². The first kappa shape index (κ1) is 9.32. The number of carboxylic acids is 1. The van der Waals surface area contributed by atoms with Gasteiger partial charge in [0.25, 0.3) is 5.56 Å². The molecule has 76 valence electrons. The van der Waals surface area contributed by atoms with E-state index in [9.17, 15) is 14.0 Å². The molecule has 2 N–H and O–H groups in total. The predicted molar refractivity (Wildman–Crippen MR) is 49.3 cm³/mol. The summed E-state index contributed by atoms with van der Waals surface area (Å²) < 4.78 is 13.2. The van der Waals surface area contributed by atoms with Crippen molar-refractivity contribution in [2.24, 2.45) is 0 Å². The minimum atomic E-state index is -1.36. The van der Waals surface area contributed by atoms with Gasteiger partial charge in [0.1, 0.15) is 11.2 Å². The number of nitrogens with zero attached hydrogens (tertiary/aromatic N) is 1. The normalized spacial score (nSPS) is 10.5. The first-order valence-corrected chi connectivity index (χ1v) is 4.01. The van der Waals surface area contributed by atoms with Crippen molar-refractivity contribution in [3.8, 4) is 0 Å². The Hall–Kier alpha value is -2.24. The van der Waals surface area contributed by atoms with Crippen LogP contribution in [0.4, 0.5) is 4.39 Å². The second-order valence-corrected chi connectivity index (χ2v) is 2.85. The smallest absolute Gasteiger partial charge is 0.372 e. The molecule has 0 fully saturated rings. The van der Waals surface area contributed by atoms with Gasteiger partial charge in [0.05, 0.1) is 5.52 Å². The van der Waals surface area contributed by atoms with Crippen molar-refractivity contribution in [1.29, 1.82) is 0 Å². The molecule has 0 bridgehead atoms. The second-order valence-electron chi connectivity index (χ2n) is 2.85. The maximum atomic E-state index is 13.2. The summed E-state index contributed by atoms with van der Waals surface area (Å²) >= 11 is 0. The fraction of sp³-hybridized carbons (Fsp3) is 0. The average Bonchev–Trinajstić information content (AvgIpc) is 2.17. The Labute approximate surface area is 82.2 Å². The zero-order valence-electron chi connectivity index (χ0n) is 7.32. The van der Waals surface area contributed by atoms with Crippen LogP contribution in [0.15, 0.2) is 23.0 Å². The molecule has 0 aliphatic rings. The summed E-state index contributed by atoms with van der Waals surface area (Å²) in [5.74, 6) is -2.59. The molecular weight excluding hydrogens is 203 g/mol. The van der Waals surface area contributed by atoms with Crippen LogP contribution in [0.5, 0.6) is 0 Å². The van der Waals surface area contributed by atoms with Crippen LogP contribution in [0.2, 0.25) is 0 Å². The lowest BCUT2D eigenvalue weighted by Gasteiger charge is -1.98. The number of fused-ring (bicyclic) bond motifs is 1. The van der Waals surface area contributed by atoms with Gasteiger partial charge in [0.2, 0.25) is 5.82 Å². The van der Waals surface area contributed by atoms with Crippen molar-refractivity contribution >= 4 is 16.9 Å². The van der Waals surface area contributed by atoms with Gasteiger partial charge in [0.15, 0.2) is 0 Å². The van der Waals surface area contributed by atoms with E-state index in [1.807, 2.05) is 4.98 Å². The average molecular weight is 208 g/mol. The molecular formula is C9H5FN2O3. The van der Waals surface area contributed by atoms with Crippen LogP contribution in [0, 0.1) is 5.82 Å². The molecule has 1 heterocycles. The number of carboxylic acid groups (broad SMARTS) is 1. The van der Waals surface area contributed by atoms with Crippen LogP contribution in [-0.4, -0.2) is 21.0 Å². The van der Waals surface area contributed by atoms with Gasteiger partial charge in [-0.3, -0.25) is 4.79 Å². The fourth-order valence-corrected chi connectivity index (χ4v) is 1.25. The first-order valence-electron chi connectivity index (χ1n) is 4.01. The van der Waals surface area contributed by atoms with E-state index < -0.39 is 23.2 Å². The predicted octanol–water partition coefficient (Wildman–Crippen LogP) is 0.760. The lowest BCUT2D eigenvalue weighted by molar-refractivity contribution is 0.0683. The molecule has 0 spiro atoms. The third-order valence-corrected chi connectivity index (χ3v) is 1.89. The molecule has 1 aromatic carbocycles. The van der Waals surface area contributed by atoms with Crippen molar-refractivity contribution in [3.63, 3.8) is 0 Å². The number of aromatic nitrogens is 2. The minimum Gasteiger partial charge on any atom is -0.475 e. The molecule has 0 unspecified atom stereocenters. The van der Waals surface area contributed by atoms with E-state index in [0.29, 0.717) is 0 Å². The molecule has 2 aromatic rings. The van der Waals surface area contributed by atoms with Gasteiger partial charge in [-0.15, -0.1) is 0 Å². The van der Waals surface area contributed by atoms with Gasteiger partial charge < -0.3 is 10.1 Å². The number of aromatic carboxylic acids is 1. The molecule has 0 aliphatic heterocycles. The van der Waals surface area contributed by atoms with E-state index in [1.165, 1.54) is 12.1 Å². The van der Waals surface area contributed by atoms with Crippen molar-refractivity contribution in [1.82, 2.24) is 9.97 Å². The Morgan fingerprint density at radius 3 is 2.87 bits per heavy atom. The van der Waals surface area contributed by atoms with Gasteiger partial charge in [-0.25, -0.2) is 14.2 Å². The Kier molecular flexibility index (Phi) is 1.96. The lowest BCUT2D eigenvalue weighted by atomic mass is 10.2. The quantitative estimate of drug-likeness (QED) is 0.724. The van der Waals surface area contributed by atoms with Crippen LogP contribution in [0.3, 0.4) is 0 Å². The summed E-state index contributed by atoms with van der Waals surface area (Å²) in [4.78, 5) is 27.5. The van der Waals surface area contributed by atoms with Gasteiger partial charge in [-0.2, -0.15) is 0 Å². The number of hydrogen-bond acceptors (Lipinski definition) is 3. The molecule has 0 aliphatic carbocycles. The third kappa shape index (κ3) is 1.45. The van der Waals surface area contributed by atoms with Crippen LogP contribution in [0.25, 0.3) is 10.9 Å². The molecule has 15 heavy (non-hydrogen) atoms. The molecule has 0 radical (unpaired) electrons. The van der Waals surface area contributed by atoms with E-state index in [2.05, 4.69) is 4.98 Å². The van der Waals surface area contributed by atoms with Crippen molar-refractivity contribution in [2.75, 3.05) is 0 Å². The van der Waals surface area contributed by atoms with Crippen molar-refractivity contribution < 1.29 is 14.3 Å². The van der Waals surface area contributed by atoms with Crippen LogP contribution in [-0.2, 0) is 0 Å². The highest BCUT2D eigenvalue weighted by molar-refractivity contribution is 5.87. The maximum Gasteiger partial charge on any atom is 0.372 e. The number of carbonyl (C=O) groups is 1. The van der Waals surface area contributed by atoms with E-state index in [1.54, 1.807) is 0 Å². The summed E-state index contributed by atoms with van der Waals surface area (Å²) in [6, 6.07) is 3.84. The zero-order valence-corrected chi connectivity index (χ0v) is 7.32. The number of aromatic amines is 1. The van der Waals surface area contributed by atoms with E-state index in [-0.39, 0.29) is 10.9 Å². The highest BCUT2D eigenvalue weighted by Crippen LogP contribution is 2.10. The fourth-order valence-electron chi connectivity index (χ4n) is 1.25. The minimum absolute atomic E-state index is 0.0242. The summed E-state index contributed by atoms with van der Waals surface area (Å²) in [6.45, 7) is 0. The van der Waals surface area contributed by atoms with Crippen LogP contribution in [0.1, 0.15) is 10.6 Å². The summed E-state index contributed by atoms with van der Waals surface area (Å²) in [7, 11) is 0. The monoisotopic (exact) mass is 208 g/mol. The molecule has 0 amide bonds. The molecule has 0 atom stereocenters. The summed E-state index contributed by atoms with van der Waals surface area (Å²) in [5, 5.41) is 8.38. The largest absolute Gasteiger partial charge is 0.475 e. The standard InChI is InChI=1S/C9H5FN2O3/c10-4-2-1-3-5-6(4)8(13)12-7(11-5)9(14)15/h1-3H,(H,14,15)(H,11,12,13). The maximum absolute atomic E-state index is 13.2. The Balaban J connectivity index is 2.91. The van der Waals surface area contributed by atoms with E-state index >= 15 is 0 Å². The molecule has 2 rings (SSSR count). The number of H-pyrrole nitrogens is 1. The molecule has 6 heteroatoms. The van der Waals surface area contributed by atoms with Crippen LogP contribution < -0.4 is 5.56 Å². The van der Waals surface area contributed by atoms with Crippen LogP contribution >= 0.6 is 0 Å². The number of benzene rings is 1. The lowest BCUT2D eigenvalue weighted by Crippen LogP contribution is -2.16. The third-order valence-electron chi connectivity index (χ3n) is 1.89. The Morgan fingerprint density at radius 1 is 1.47 bits per heavy atom. The highest BCUT2D eigenvalue weighted by Gasteiger charge is 2.11. The SMILES string of the molecule is O=C(O)c1nc2cccc(F)c2c(=O)[nH]1. The summed E-state index contributed by atoms with van der Waals surface area (Å²) in [6.07, 6.45) is 0. The topological polar surface area (TPSA) is 83.0 Å². The molecule has 5 nitrogen and oxygen atoms in total. The van der Waals surface area contributed by atoms with Crippen molar-refractivity contribution in [2.45, 2.75) is 0 Å². The number of rotatable bonds is 1. The Bertz CT molecular complexity index is 606. The number of halogens is 1. The molecule has 0 saturated carbocycles. The number of nitrogens with one attached hydrogen (secondary N) is 1. The molecule has 0 saturated heterocycles. The van der Waals surface area contributed by atoms with Gasteiger partial charge in [-0.1, -0.05) is 6.07 Å². The van der Waals surface area contributed by atoms with Gasteiger partial charge in [-0.05, 0) is 12.1 Å². The van der Waals surface area contributed by atoms with Gasteiger partial charge >= 0.3 is 5.97 Å². The highest BCUT2D eigenvalue weighted by atomic mass is 19.1. The summed E-state index contributed by atoms with van der Waals surface area (Å²) in [5.41, 5.74) is -0.772. The van der Waals surface area contributed by atoms with E-state index in [4.69, 9.17) is 5.11 Å². The first-order chi connectivity index (χ1) is 7.09. The number of hydrogen-bond donors (Lipinski definition) is 2. The van der Waals surface area contributed by atoms with Crippen molar-refractivity contribution in [3.05, 3.63) is 40.2 Å². The van der Waals surface area contributed by atoms with Gasteiger partial charge in [0, 0.05) is 0 Å².